The Labute approximate surface area is 153 Å². The normalized spacial score (nSPS) is 23.7. The van der Waals surface area contributed by atoms with Crippen molar-refractivity contribution in [2.24, 2.45) is 5.41 Å². The van der Waals surface area contributed by atoms with E-state index in [0.717, 1.165) is 5.57 Å². The fraction of sp³-hybridized carbons (Fsp3) is 0.333. The minimum absolute atomic E-state index is 0.0769. The lowest BCUT2D eigenvalue weighted by molar-refractivity contribution is -0.132. The summed E-state index contributed by atoms with van der Waals surface area (Å²) in [5, 5.41) is 19.4. The van der Waals surface area contributed by atoms with Crippen LogP contribution in [-0.2, 0) is 9.53 Å². The lowest BCUT2D eigenvalue weighted by Crippen LogP contribution is -2.39. The van der Waals surface area contributed by atoms with Crippen molar-refractivity contribution in [1.29, 1.82) is 0 Å². The number of carboxylic acids is 1. The molecule has 2 unspecified atom stereocenters. The molecule has 5 nitrogen and oxygen atoms in total. The van der Waals surface area contributed by atoms with Crippen LogP contribution in [0.3, 0.4) is 0 Å². The highest BCUT2D eigenvalue weighted by Gasteiger charge is 2.42. The summed E-state index contributed by atoms with van der Waals surface area (Å²) in [6, 6.07) is 6.35. The van der Waals surface area contributed by atoms with Gasteiger partial charge in [0.25, 0.3) is 0 Å². The van der Waals surface area contributed by atoms with Gasteiger partial charge in [0.05, 0.1) is 17.2 Å². The van der Waals surface area contributed by atoms with Crippen LogP contribution in [0, 0.1) is 5.41 Å². The number of para-hydroxylation sites is 1. The highest BCUT2D eigenvalue weighted by Crippen LogP contribution is 2.45. The van der Waals surface area contributed by atoms with Crippen molar-refractivity contribution in [3.05, 3.63) is 64.3 Å². The number of ketones is 1. The molecule has 2 atom stereocenters. The zero-order chi connectivity index (χ0) is 19.6. The summed E-state index contributed by atoms with van der Waals surface area (Å²) in [6.45, 7) is 7.28. The third-order valence-electron chi connectivity index (χ3n) is 5.28. The van der Waals surface area contributed by atoms with E-state index in [1.54, 1.807) is 38.1 Å². The first-order valence-electron chi connectivity index (χ1n) is 8.31. The molecule has 0 radical (unpaired) electrons. The maximum Gasteiger partial charge on any atom is 0.335 e. The number of carboxylic acid groups (broad SMARTS) is 1. The van der Waals surface area contributed by atoms with Gasteiger partial charge in [-0.1, -0.05) is 23.8 Å². The first-order valence-corrected chi connectivity index (χ1v) is 8.31. The van der Waals surface area contributed by atoms with Gasteiger partial charge in [-0.2, -0.15) is 0 Å². The van der Waals surface area contributed by atoms with Crippen LogP contribution in [0.15, 0.2) is 58.7 Å². The second kappa shape index (κ2) is 7.30. The van der Waals surface area contributed by atoms with E-state index in [-0.39, 0.29) is 22.7 Å². The number of aliphatic carboxylic acids is 1. The van der Waals surface area contributed by atoms with Crippen LogP contribution in [0.4, 0.5) is 0 Å². The molecule has 2 N–H and O–H groups in total. The van der Waals surface area contributed by atoms with Gasteiger partial charge in [-0.25, -0.2) is 4.79 Å². The van der Waals surface area contributed by atoms with E-state index in [4.69, 9.17) is 4.74 Å². The zero-order valence-corrected chi connectivity index (χ0v) is 15.7. The molecule has 0 spiro atoms. The van der Waals surface area contributed by atoms with Crippen molar-refractivity contribution in [3.63, 3.8) is 0 Å². The Morgan fingerprint density at radius 2 is 1.81 bits per heavy atom. The third-order valence-corrected chi connectivity index (χ3v) is 5.28. The number of ether oxygens (including phenoxy) is 1. The molecular weight excluding hydrogens is 332 g/mol. The molecule has 0 saturated carbocycles. The van der Waals surface area contributed by atoms with Crippen molar-refractivity contribution >= 4 is 11.8 Å². The Kier molecular flexibility index (Phi) is 5.52. The molecule has 0 bridgehead atoms. The second-order valence-electron chi connectivity index (χ2n) is 6.73. The molecule has 1 aliphatic rings. The van der Waals surface area contributed by atoms with E-state index in [1.165, 1.54) is 19.3 Å². The van der Waals surface area contributed by atoms with Crippen molar-refractivity contribution in [3.8, 4) is 5.75 Å². The molecule has 5 heteroatoms. The Bertz CT molecular complexity index is 844. The van der Waals surface area contributed by atoms with Crippen LogP contribution in [0.25, 0.3) is 0 Å². The average molecular weight is 356 g/mol. The molecular formula is C21H24O5. The van der Waals surface area contributed by atoms with E-state index < -0.39 is 17.5 Å². The molecule has 0 amide bonds. The predicted octanol–water partition coefficient (Wildman–Crippen LogP) is 3.90. The number of aromatic hydroxyl groups is 1. The van der Waals surface area contributed by atoms with Gasteiger partial charge in [-0.05, 0) is 57.0 Å². The smallest absolute Gasteiger partial charge is 0.335 e. The molecule has 138 valence electrons. The van der Waals surface area contributed by atoms with E-state index in [2.05, 4.69) is 0 Å². The summed E-state index contributed by atoms with van der Waals surface area (Å²) in [7, 11) is 1.53. The molecule has 0 heterocycles. The minimum atomic E-state index is -0.988. The Hall–Kier alpha value is -2.66. The monoisotopic (exact) mass is 356 g/mol. The van der Waals surface area contributed by atoms with Crippen LogP contribution >= 0.6 is 0 Å². The van der Waals surface area contributed by atoms with Crippen LogP contribution in [0.5, 0.6) is 5.75 Å². The second-order valence-corrected chi connectivity index (χ2v) is 6.73. The van der Waals surface area contributed by atoms with E-state index in [9.17, 15) is 19.8 Å². The molecule has 0 fully saturated rings. The van der Waals surface area contributed by atoms with Crippen molar-refractivity contribution in [2.75, 3.05) is 7.11 Å². The number of hydrogen-bond acceptors (Lipinski definition) is 4. The molecule has 1 aliphatic carbocycles. The lowest BCUT2D eigenvalue weighted by Gasteiger charge is -2.41. The SMILES string of the molecule is COC1C(C)=C(C(=O)O)C(C)=C(C)C1(C)C=CC(=O)c1ccccc1O. The van der Waals surface area contributed by atoms with E-state index in [1.807, 2.05) is 13.8 Å². The van der Waals surface area contributed by atoms with Gasteiger partial charge in [0, 0.05) is 12.5 Å². The van der Waals surface area contributed by atoms with Gasteiger partial charge in [0.15, 0.2) is 5.78 Å². The fourth-order valence-corrected chi connectivity index (χ4v) is 3.65. The number of benzene rings is 1. The van der Waals surface area contributed by atoms with Crippen LogP contribution in [-0.4, -0.2) is 35.2 Å². The molecule has 1 aromatic carbocycles. The summed E-state index contributed by atoms with van der Waals surface area (Å²) >= 11 is 0. The Morgan fingerprint density at radius 3 is 2.35 bits per heavy atom. The topological polar surface area (TPSA) is 83.8 Å². The molecule has 0 saturated heterocycles. The number of hydrogen-bond donors (Lipinski definition) is 2. The first kappa shape index (κ1) is 19.7. The quantitative estimate of drug-likeness (QED) is 0.617. The van der Waals surface area contributed by atoms with E-state index in [0.29, 0.717) is 11.1 Å². The standard InChI is InChI=1S/C21H24O5/c1-12-14(3)21(4,19(26-5)13(2)18(12)20(24)25)11-10-17(23)15-8-6-7-9-16(15)22/h6-11,19,22H,1-5H3,(H,24,25). The minimum Gasteiger partial charge on any atom is -0.507 e. The van der Waals surface area contributed by atoms with Gasteiger partial charge < -0.3 is 14.9 Å². The highest BCUT2D eigenvalue weighted by atomic mass is 16.5. The Morgan fingerprint density at radius 1 is 1.19 bits per heavy atom. The Balaban J connectivity index is 2.49. The first-order chi connectivity index (χ1) is 12.1. The van der Waals surface area contributed by atoms with Gasteiger partial charge in [-0.15, -0.1) is 0 Å². The summed E-state index contributed by atoms with van der Waals surface area (Å²) in [5.74, 6) is -1.39. The number of phenols is 1. The van der Waals surface area contributed by atoms with Gasteiger partial charge in [0.2, 0.25) is 0 Å². The number of phenolic OH excluding ortho intramolecular Hbond substituents is 1. The molecule has 0 aliphatic heterocycles. The summed E-state index contributed by atoms with van der Waals surface area (Å²) < 4.78 is 5.61. The number of rotatable bonds is 5. The van der Waals surface area contributed by atoms with Crippen molar-refractivity contribution < 1.29 is 24.5 Å². The van der Waals surface area contributed by atoms with Crippen molar-refractivity contribution in [1.82, 2.24) is 0 Å². The van der Waals surface area contributed by atoms with Crippen LogP contribution < -0.4 is 0 Å². The molecule has 2 rings (SSSR count). The van der Waals surface area contributed by atoms with Crippen molar-refractivity contribution in [2.45, 2.75) is 33.8 Å². The third kappa shape index (κ3) is 3.22. The van der Waals surface area contributed by atoms with Gasteiger partial charge >= 0.3 is 5.97 Å². The number of carbonyl (C=O) groups excluding carboxylic acids is 1. The molecule has 1 aromatic rings. The average Bonchev–Trinajstić information content (AvgIpc) is 2.58. The predicted molar refractivity (Wildman–Crippen MR) is 99.2 cm³/mol. The highest BCUT2D eigenvalue weighted by molar-refractivity contribution is 6.06. The summed E-state index contributed by atoms with van der Waals surface area (Å²) in [4.78, 5) is 24.1. The summed E-state index contributed by atoms with van der Waals surface area (Å²) in [5.41, 5.74) is 1.91. The largest absolute Gasteiger partial charge is 0.507 e. The molecule has 0 aromatic heterocycles. The molecule has 26 heavy (non-hydrogen) atoms. The zero-order valence-electron chi connectivity index (χ0n) is 15.7. The number of methoxy groups -OCH3 is 1. The fourth-order valence-electron chi connectivity index (χ4n) is 3.65. The van der Waals surface area contributed by atoms with Crippen LogP contribution in [0.1, 0.15) is 38.1 Å². The van der Waals surface area contributed by atoms with Gasteiger partial charge in [0.1, 0.15) is 5.75 Å². The maximum absolute atomic E-state index is 12.5. The number of carbonyl (C=O) groups is 2. The summed E-state index contributed by atoms with van der Waals surface area (Å²) in [6.07, 6.45) is 2.64. The van der Waals surface area contributed by atoms with E-state index >= 15 is 0 Å². The van der Waals surface area contributed by atoms with Crippen LogP contribution in [0.2, 0.25) is 0 Å². The lowest BCUT2D eigenvalue weighted by atomic mass is 9.67. The van der Waals surface area contributed by atoms with Gasteiger partial charge in [-0.3, -0.25) is 4.79 Å². The number of allylic oxidation sites excluding steroid dienone is 1. The maximum atomic E-state index is 12.5.